The van der Waals surface area contributed by atoms with E-state index in [1.807, 2.05) is 52.0 Å². The molecule has 0 saturated carbocycles. The summed E-state index contributed by atoms with van der Waals surface area (Å²) in [5.74, 6) is 5.42. The van der Waals surface area contributed by atoms with Gasteiger partial charge in [0.25, 0.3) is 5.91 Å². The molecule has 1 fully saturated rings. The van der Waals surface area contributed by atoms with Crippen molar-refractivity contribution in [2.45, 2.75) is 132 Å². The number of unbranched alkanes of at least 4 members (excludes halogenated alkanes) is 2. The maximum absolute atomic E-state index is 13.4. The maximum atomic E-state index is 13.4. The Balaban J connectivity index is 0.645. The molecule has 3 aliphatic rings. The molecule has 5 heterocycles. The summed E-state index contributed by atoms with van der Waals surface area (Å²) in [7, 11) is -18.9. The van der Waals surface area contributed by atoms with E-state index in [9.17, 15) is 61.2 Å². The Bertz CT molecular complexity index is 5080. The highest BCUT2D eigenvalue weighted by Crippen LogP contribution is 2.66. The van der Waals surface area contributed by atoms with E-state index in [4.69, 9.17) is 49.3 Å². The lowest BCUT2D eigenvalue weighted by molar-refractivity contribution is -0.438. The number of ketones is 1. The average Bonchev–Trinajstić information content (AvgIpc) is 1.59. The first-order valence-corrected chi connectivity index (χ1v) is 44.1. The van der Waals surface area contributed by atoms with E-state index in [-0.39, 0.29) is 101 Å². The van der Waals surface area contributed by atoms with Gasteiger partial charge in [-0.2, -0.15) is 13.2 Å². The van der Waals surface area contributed by atoms with E-state index < -0.39 is 100 Å². The van der Waals surface area contributed by atoms with Crippen molar-refractivity contribution >= 4 is 118 Å². The Kier molecular flexibility index (Phi) is 31.6. The monoisotopic (exact) mass is 1700 g/mol. The third-order valence-electron chi connectivity index (χ3n) is 18.4. The molecular weight excluding hydrogens is 1620 g/mol. The average molecular weight is 1700 g/mol. The van der Waals surface area contributed by atoms with Crippen LogP contribution in [0.25, 0.3) is 31.9 Å². The van der Waals surface area contributed by atoms with Crippen molar-refractivity contribution in [3.05, 3.63) is 177 Å². The summed E-state index contributed by atoms with van der Waals surface area (Å²) in [6.45, 7) is 10.8. The van der Waals surface area contributed by atoms with Gasteiger partial charge in [-0.1, -0.05) is 106 Å². The minimum atomic E-state index is -5.83. The standard InChI is InChI=1S/C72H88N15O22P3S3/c1-70(2)53-24-12-13-25-56(53)87(50-21-9-7-10-22-50)60(70)27-16-26-59-71(3,4)54-40-52(115(99,100)101)30-31-55(54)85(59)35-14-8-11-29-62(89)77-34-38-113-114-72(5,6)61(88)28-18-33-78-69(91)48-19-15-23-51(39-48)104-45-64(82-84-75)103-37-36-102-44-63(90)76-32-17-20-49-42-86(68-66(49)67(73)79-46-80-68)65-41-57(105-47-81-83-74)58(107-65)43-106-111(95,96)109-112(97,98)108-110(92,93)94/h7,9-10,12-13,15-16,19,21-27,30-31,39-40,42,46,57-58,64-65H,8,11,14,18,28-29,32-38,41,43-45,47H2,1-6H3,(H9-,73,76,77,78,79,80,89,90,91,92,93,94,95,96,97,98,99,100,101). The molecule has 2 aromatic heterocycles. The van der Waals surface area contributed by atoms with Crippen LogP contribution >= 0.6 is 45.1 Å². The predicted octanol–water partition coefficient (Wildman–Crippen LogP) is 11.0. The number of aromatic nitrogens is 3. The van der Waals surface area contributed by atoms with Crippen LogP contribution in [0, 0.1) is 11.8 Å². The van der Waals surface area contributed by atoms with Crippen LogP contribution in [0.15, 0.2) is 149 Å². The molecule has 37 nitrogen and oxygen atoms in total. The molecule has 43 heteroatoms. The van der Waals surface area contributed by atoms with Gasteiger partial charge in [0.15, 0.2) is 11.9 Å². The second-order valence-electron chi connectivity index (χ2n) is 27.6. The first-order chi connectivity index (χ1) is 54.5. The molecule has 6 atom stereocenters. The van der Waals surface area contributed by atoms with E-state index in [1.54, 1.807) is 24.3 Å². The number of hydrogen-bond donors (Lipinski definition) is 8. The molecule has 616 valence electrons. The maximum Gasteiger partial charge on any atom is 0.490 e. The Labute approximate surface area is 670 Å². The van der Waals surface area contributed by atoms with Gasteiger partial charge in [-0.3, -0.25) is 23.7 Å². The van der Waals surface area contributed by atoms with Crippen LogP contribution in [0.2, 0.25) is 0 Å². The number of rotatable bonds is 43. The summed E-state index contributed by atoms with van der Waals surface area (Å²) < 4.78 is 116. The van der Waals surface area contributed by atoms with Crippen LogP contribution in [0.3, 0.4) is 0 Å². The Hall–Kier alpha value is -8.83. The number of nitrogens with zero attached hydrogens (tertiary/aromatic N) is 11. The number of carbonyl (C=O) groups is 4. The summed E-state index contributed by atoms with van der Waals surface area (Å²) >= 11 is 0. The highest BCUT2D eigenvalue weighted by atomic mass is 33.1. The van der Waals surface area contributed by atoms with Crippen molar-refractivity contribution in [3.8, 4) is 17.6 Å². The number of hydrogen-bond acceptors (Lipinski definition) is 26. The molecule has 6 aromatic rings. The molecule has 1 saturated heterocycles. The van der Waals surface area contributed by atoms with E-state index in [2.05, 4.69) is 138 Å². The number of phosphoric acid groups is 3. The molecule has 115 heavy (non-hydrogen) atoms. The summed E-state index contributed by atoms with van der Waals surface area (Å²) in [5, 5.41) is 15.6. The number of nitrogen functional groups attached to an aromatic ring is 1. The summed E-state index contributed by atoms with van der Waals surface area (Å²) in [5.41, 5.74) is 30.9. The first kappa shape index (κ1) is 90.1. The van der Waals surface area contributed by atoms with Gasteiger partial charge in [-0.25, -0.2) is 32.1 Å². The number of fused-ring (bicyclic) bond motifs is 3. The molecule has 9 N–H and O–H groups in total. The number of azide groups is 2. The fourth-order valence-corrected chi connectivity index (χ4v) is 18.8. The molecule has 4 aromatic carbocycles. The summed E-state index contributed by atoms with van der Waals surface area (Å²) in [6, 6.07) is 29.4. The van der Waals surface area contributed by atoms with Gasteiger partial charge in [0.05, 0.1) is 58.5 Å². The largest absolute Gasteiger partial charge is 0.744 e. The van der Waals surface area contributed by atoms with Crippen LogP contribution < -0.4 is 31.3 Å². The second kappa shape index (κ2) is 40.4. The SMILES string of the molecule is CC(C)(SSCCNC(=O)CCCCC[N+]1=C(C=CC=C2N(c3ccccc3)c3ccccc3C2(C)C)C(C)(C)c2cc(S(=O)(=O)[O-])ccc21)C(=O)CCCNC(=O)c1cccc(OCC(N=[N+]=[N-])OCCOCC(=O)NCC#Cc2cn(C3CC(OCN=[N+]=[N-])C(COP(=O)(O)OP(=O)(O)OP(=O)(O)O)O3)c3ncnc(N)c23)c1. The number of phosphoric ester groups is 1. The van der Waals surface area contributed by atoms with Crippen molar-refractivity contribution < 1.29 is 107 Å². The lowest BCUT2D eigenvalue weighted by Gasteiger charge is -2.27. The number of nitrogens with two attached hydrogens (primary N) is 1. The molecule has 3 amide bonds. The zero-order valence-corrected chi connectivity index (χ0v) is 68.5. The molecular formula is C72H88N15O22P3S3. The zero-order chi connectivity index (χ0) is 83.4. The summed E-state index contributed by atoms with van der Waals surface area (Å²) in [6.07, 6.45) is 7.35. The normalized spacial score (nSPS) is 18.0. The number of Topliss-reactive ketones (excluding diaryl/α,β-unsaturated/α-hetero) is 1. The second-order valence-corrected chi connectivity index (χ2v) is 36.4. The number of anilines is 3. The van der Waals surface area contributed by atoms with E-state index in [0.717, 1.165) is 53.2 Å². The number of amides is 3. The van der Waals surface area contributed by atoms with Crippen molar-refractivity contribution in [1.29, 1.82) is 0 Å². The number of ether oxygens (including phenoxy) is 5. The van der Waals surface area contributed by atoms with Gasteiger partial charge in [-0.05, 0) is 118 Å². The topological polar surface area (TPSA) is 528 Å². The molecule has 9 rings (SSSR count). The van der Waals surface area contributed by atoms with Gasteiger partial charge >= 0.3 is 23.5 Å². The van der Waals surface area contributed by atoms with E-state index in [1.165, 1.54) is 56.1 Å². The lowest BCUT2D eigenvalue weighted by Crippen LogP contribution is -2.30. The number of carbonyl (C=O) groups excluding carboxylic acids is 4. The Morgan fingerprint density at radius 3 is 2.39 bits per heavy atom. The molecule has 0 aliphatic carbocycles. The minimum Gasteiger partial charge on any atom is -0.744 e. The minimum absolute atomic E-state index is 0.000875. The van der Waals surface area contributed by atoms with Crippen molar-refractivity contribution in [2.24, 2.45) is 10.2 Å². The number of nitrogens with one attached hydrogen (secondary N) is 3. The van der Waals surface area contributed by atoms with Gasteiger partial charge in [0.1, 0.15) is 78.3 Å². The first-order valence-electron chi connectivity index (χ1n) is 35.9. The summed E-state index contributed by atoms with van der Waals surface area (Å²) in [4.78, 5) is 105. The third kappa shape index (κ3) is 25.1. The van der Waals surface area contributed by atoms with Crippen molar-refractivity contribution in [2.75, 3.05) is 82.3 Å². The van der Waals surface area contributed by atoms with Gasteiger partial charge in [-0.15, -0.1) is 0 Å². The molecule has 3 aliphatic heterocycles. The molecule has 6 unspecified atom stereocenters. The smallest absolute Gasteiger partial charge is 0.490 e. The highest BCUT2D eigenvalue weighted by molar-refractivity contribution is 8.77. The zero-order valence-electron chi connectivity index (χ0n) is 63.4. The van der Waals surface area contributed by atoms with Gasteiger partial charge < -0.3 is 79.0 Å². The van der Waals surface area contributed by atoms with Gasteiger partial charge in [0.2, 0.25) is 17.5 Å². The fraction of sp³-hybridized carbons (Fsp3) is 0.431. The van der Waals surface area contributed by atoms with Crippen LogP contribution in [-0.2, 0) is 81.1 Å². The number of para-hydroxylation sites is 2. The van der Waals surface area contributed by atoms with Crippen molar-refractivity contribution in [1.82, 2.24) is 30.5 Å². The quantitative estimate of drug-likeness (QED) is 0.00203. The Morgan fingerprint density at radius 2 is 1.64 bits per heavy atom. The fourth-order valence-electron chi connectivity index (χ4n) is 12.9. The predicted molar refractivity (Wildman–Crippen MR) is 425 cm³/mol. The number of allylic oxidation sites excluding steroid dienone is 4. The van der Waals surface area contributed by atoms with Crippen LogP contribution in [-0.4, -0.2) is 176 Å². The number of benzene rings is 4. The van der Waals surface area contributed by atoms with Crippen LogP contribution in [0.4, 0.5) is 22.9 Å². The molecule has 0 bridgehead atoms. The van der Waals surface area contributed by atoms with Crippen LogP contribution in [0.1, 0.15) is 120 Å². The van der Waals surface area contributed by atoms with E-state index in [0.29, 0.717) is 38.1 Å². The van der Waals surface area contributed by atoms with Crippen molar-refractivity contribution in [3.63, 3.8) is 0 Å². The van der Waals surface area contributed by atoms with Gasteiger partial charge in [0, 0.05) is 106 Å². The third-order valence-corrected chi connectivity index (χ3v) is 26.2. The Morgan fingerprint density at radius 1 is 0.878 bits per heavy atom. The lowest BCUT2D eigenvalue weighted by atomic mass is 9.81. The molecule has 0 spiro atoms. The molecule has 0 radical (unpaired) electrons. The highest BCUT2D eigenvalue weighted by Gasteiger charge is 2.47. The van der Waals surface area contributed by atoms with E-state index >= 15 is 0 Å². The van der Waals surface area contributed by atoms with Crippen LogP contribution in [0.5, 0.6) is 5.75 Å².